The summed E-state index contributed by atoms with van der Waals surface area (Å²) < 4.78 is 24.2. The average Bonchev–Trinajstić information content (AvgIpc) is 2.58. The highest BCUT2D eigenvalue weighted by atomic mass is 35.5. The number of methoxy groups -OCH3 is 1. The zero-order valence-corrected chi connectivity index (χ0v) is 15.7. The van der Waals surface area contributed by atoms with E-state index in [2.05, 4.69) is 19.4 Å². The highest BCUT2D eigenvalue weighted by Crippen LogP contribution is 2.36. The average molecular weight is 369 g/mol. The summed E-state index contributed by atoms with van der Waals surface area (Å²) in [7, 11) is 5.88. The first kappa shape index (κ1) is 19.5. The van der Waals surface area contributed by atoms with E-state index in [4.69, 9.17) is 21.1 Å². The Labute approximate surface area is 153 Å². The number of hydrogen-bond acceptors (Lipinski definition) is 2. The summed E-state index contributed by atoms with van der Waals surface area (Å²) >= 11 is 6.39. The molecule has 0 aromatic heterocycles. The molecule has 3 N–H and O–H groups in total. The van der Waals surface area contributed by atoms with Crippen LogP contribution >= 0.6 is 11.6 Å². The van der Waals surface area contributed by atoms with Crippen LogP contribution < -0.4 is 19.7 Å². The Morgan fingerprint density at radius 1 is 1.12 bits per heavy atom. The molecule has 4 nitrogen and oxygen atoms in total. The maximum absolute atomic E-state index is 13.0. The fourth-order valence-electron chi connectivity index (χ4n) is 2.43. The molecule has 0 atom stereocenters. The van der Waals surface area contributed by atoms with Crippen molar-refractivity contribution in [3.8, 4) is 11.5 Å². The van der Waals surface area contributed by atoms with Gasteiger partial charge in [-0.1, -0.05) is 23.7 Å². The summed E-state index contributed by atoms with van der Waals surface area (Å²) in [6, 6.07) is 10.0. The van der Waals surface area contributed by atoms with Crippen molar-refractivity contribution in [1.82, 2.24) is 0 Å². The number of likely N-dealkylation sites (N-methyl/N-ethyl adjacent to an activating group) is 1. The second-order valence-corrected chi connectivity index (χ2v) is 6.67. The zero-order chi connectivity index (χ0) is 18.2. The highest BCUT2D eigenvalue weighted by Gasteiger charge is 2.13. The topological polar surface area (TPSA) is 39.5 Å². The molecule has 0 aliphatic carbocycles. The van der Waals surface area contributed by atoms with Crippen LogP contribution in [0.1, 0.15) is 11.1 Å². The Hall–Kier alpha value is -1.82. The molecule has 0 bridgehead atoms. The second kappa shape index (κ2) is 9.61. The fraction of sp³-hybridized carbons (Fsp3) is 0.368. The predicted octanol–water partition coefficient (Wildman–Crippen LogP) is 1.27. The third kappa shape index (κ3) is 6.20. The van der Waals surface area contributed by atoms with Crippen molar-refractivity contribution in [1.29, 1.82) is 0 Å². The van der Waals surface area contributed by atoms with E-state index < -0.39 is 0 Å². The van der Waals surface area contributed by atoms with E-state index in [0.29, 0.717) is 23.1 Å². The molecule has 0 heterocycles. The molecular weight excluding hydrogens is 343 g/mol. The maximum Gasteiger partial charge on any atom is 0.180 e. The lowest BCUT2D eigenvalue weighted by molar-refractivity contribution is -0.875. The third-order valence-corrected chi connectivity index (χ3v) is 4.09. The van der Waals surface area contributed by atoms with Crippen molar-refractivity contribution in [3.63, 3.8) is 0 Å². The molecule has 0 fully saturated rings. The summed E-state index contributed by atoms with van der Waals surface area (Å²) in [6.07, 6.45) is 0. The van der Waals surface area contributed by atoms with E-state index >= 15 is 0 Å². The molecule has 0 spiro atoms. The van der Waals surface area contributed by atoms with Crippen molar-refractivity contribution >= 4 is 11.6 Å². The molecule has 0 saturated heterocycles. The van der Waals surface area contributed by atoms with Crippen LogP contribution in [0.2, 0.25) is 5.02 Å². The first-order valence-corrected chi connectivity index (χ1v) is 8.71. The Morgan fingerprint density at radius 3 is 2.48 bits per heavy atom. The molecule has 0 saturated carbocycles. The minimum absolute atomic E-state index is 0.268. The van der Waals surface area contributed by atoms with Crippen LogP contribution in [0, 0.1) is 5.82 Å². The van der Waals surface area contributed by atoms with Crippen LogP contribution in [0.3, 0.4) is 0 Å². The van der Waals surface area contributed by atoms with E-state index in [-0.39, 0.29) is 5.82 Å². The largest absolute Gasteiger partial charge is 0.493 e. The molecule has 136 valence electrons. The number of nitrogens with one attached hydrogen (secondary N) is 1. The molecule has 0 aliphatic rings. The number of hydrogen-bond donors (Lipinski definition) is 2. The Morgan fingerprint density at radius 2 is 1.84 bits per heavy atom. The van der Waals surface area contributed by atoms with Gasteiger partial charge in [-0.25, -0.2) is 4.39 Å². The van der Waals surface area contributed by atoms with Gasteiger partial charge in [0.25, 0.3) is 0 Å². The lowest BCUT2D eigenvalue weighted by Crippen LogP contribution is -3.09. The second-order valence-electron chi connectivity index (χ2n) is 6.26. The van der Waals surface area contributed by atoms with E-state index in [1.165, 1.54) is 17.0 Å². The summed E-state index contributed by atoms with van der Waals surface area (Å²) in [5.41, 5.74) is 1.95. The highest BCUT2D eigenvalue weighted by molar-refractivity contribution is 6.32. The molecule has 2 rings (SSSR count). The normalized spacial score (nSPS) is 11.0. The minimum atomic E-state index is -0.268. The van der Waals surface area contributed by atoms with Gasteiger partial charge < -0.3 is 19.7 Å². The molecule has 25 heavy (non-hydrogen) atoms. The molecule has 0 amide bonds. The molecular formula is C19H26ClFN2O2+2. The monoisotopic (exact) mass is 368 g/mol. The molecule has 2 aromatic rings. The van der Waals surface area contributed by atoms with Gasteiger partial charge in [0, 0.05) is 5.56 Å². The lowest BCUT2D eigenvalue weighted by Gasteiger charge is -2.14. The number of benzene rings is 2. The van der Waals surface area contributed by atoms with Crippen molar-refractivity contribution in [2.45, 2.75) is 13.2 Å². The van der Waals surface area contributed by atoms with Gasteiger partial charge in [0.2, 0.25) is 0 Å². The van der Waals surface area contributed by atoms with Gasteiger partial charge in [-0.15, -0.1) is 0 Å². The number of quaternary nitrogens is 2. The van der Waals surface area contributed by atoms with Gasteiger partial charge in [0.15, 0.2) is 11.5 Å². The number of ether oxygens (including phenoxy) is 2. The summed E-state index contributed by atoms with van der Waals surface area (Å²) in [5.74, 6) is 0.849. The van der Waals surface area contributed by atoms with Crippen LogP contribution in [0.4, 0.5) is 4.39 Å². The number of nitrogens with two attached hydrogens (primary N) is 1. The fourth-order valence-corrected chi connectivity index (χ4v) is 2.71. The first-order chi connectivity index (χ1) is 12.0. The summed E-state index contributed by atoms with van der Waals surface area (Å²) in [6.45, 7) is 3.28. The zero-order valence-electron chi connectivity index (χ0n) is 14.9. The van der Waals surface area contributed by atoms with Crippen molar-refractivity contribution in [2.75, 3.05) is 34.3 Å². The van der Waals surface area contributed by atoms with Crippen LogP contribution in [0.5, 0.6) is 11.5 Å². The predicted molar refractivity (Wildman–Crippen MR) is 96.9 cm³/mol. The SMILES string of the molecule is COc1cc(C[NH2+]CC[NH+](C)C)cc(Cl)c1OCc1ccc(F)cc1. The third-order valence-electron chi connectivity index (χ3n) is 3.81. The van der Waals surface area contributed by atoms with Gasteiger partial charge in [-0.2, -0.15) is 0 Å². The van der Waals surface area contributed by atoms with Crippen molar-refractivity contribution in [2.24, 2.45) is 0 Å². The number of halogens is 2. The minimum Gasteiger partial charge on any atom is -0.493 e. The van der Waals surface area contributed by atoms with Gasteiger partial charge in [-0.3, -0.25) is 0 Å². The van der Waals surface area contributed by atoms with Crippen molar-refractivity contribution in [3.05, 3.63) is 58.4 Å². The van der Waals surface area contributed by atoms with E-state index in [0.717, 1.165) is 30.8 Å². The molecule has 6 heteroatoms. The smallest absolute Gasteiger partial charge is 0.180 e. The van der Waals surface area contributed by atoms with Crippen molar-refractivity contribution < 1.29 is 24.1 Å². The Balaban J connectivity index is 2.01. The Kier molecular flexibility index (Phi) is 7.50. The van der Waals surface area contributed by atoms with Gasteiger partial charge in [0.1, 0.15) is 32.1 Å². The maximum atomic E-state index is 13.0. The van der Waals surface area contributed by atoms with E-state index in [1.807, 2.05) is 12.1 Å². The van der Waals surface area contributed by atoms with E-state index in [1.54, 1.807) is 19.2 Å². The van der Waals surface area contributed by atoms with Gasteiger partial charge in [0.05, 0.1) is 26.2 Å². The summed E-state index contributed by atoms with van der Waals surface area (Å²) in [5, 5.41) is 2.76. The quantitative estimate of drug-likeness (QED) is 0.654. The standard InChI is InChI=1S/C19H24ClFN2O2/c1-23(2)9-8-22-12-15-10-17(20)19(18(11-15)24-3)25-13-14-4-6-16(21)7-5-14/h4-7,10-11,22H,8-9,12-13H2,1-3H3/p+2. The van der Waals surface area contributed by atoms with Crippen LogP contribution in [0.25, 0.3) is 0 Å². The van der Waals surface area contributed by atoms with Crippen LogP contribution in [-0.2, 0) is 13.2 Å². The lowest BCUT2D eigenvalue weighted by atomic mass is 10.2. The van der Waals surface area contributed by atoms with Crippen LogP contribution in [-0.4, -0.2) is 34.3 Å². The van der Waals surface area contributed by atoms with Gasteiger partial charge in [-0.05, 0) is 29.8 Å². The molecule has 0 aliphatic heterocycles. The summed E-state index contributed by atoms with van der Waals surface area (Å²) in [4.78, 5) is 1.43. The first-order valence-electron chi connectivity index (χ1n) is 8.34. The molecule has 2 aromatic carbocycles. The number of rotatable bonds is 9. The molecule has 0 unspecified atom stereocenters. The van der Waals surface area contributed by atoms with E-state index in [9.17, 15) is 4.39 Å². The van der Waals surface area contributed by atoms with Gasteiger partial charge >= 0.3 is 0 Å². The molecule has 0 radical (unpaired) electrons. The van der Waals surface area contributed by atoms with Crippen LogP contribution in [0.15, 0.2) is 36.4 Å². The Bertz CT molecular complexity index is 678.